The van der Waals surface area contributed by atoms with Gasteiger partial charge in [-0.05, 0) is 5.56 Å². The smallest absolute Gasteiger partial charge is 0.0746 e. The minimum atomic E-state index is 0.00769. The van der Waals surface area contributed by atoms with E-state index in [9.17, 15) is 5.11 Å². The normalized spacial score (nSPS) is 22.1. The molecule has 104 valence electrons. The van der Waals surface area contributed by atoms with E-state index < -0.39 is 0 Å². The van der Waals surface area contributed by atoms with Gasteiger partial charge in [0.15, 0.2) is 0 Å². The third-order valence-corrected chi connectivity index (χ3v) is 3.63. The summed E-state index contributed by atoms with van der Waals surface area (Å²) in [6.45, 7) is 2.10. The van der Waals surface area contributed by atoms with Crippen molar-refractivity contribution < 1.29 is 9.84 Å². The van der Waals surface area contributed by atoms with Crippen molar-refractivity contribution in [2.24, 2.45) is 5.73 Å². The van der Waals surface area contributed by atoms with Crippen LogP contribution in [0, 0.1) is 0 Å². The molecule has 5 heteroatoms. The van der Waals surface area contributed by atoms with E-state index in [2.05, 4.69) is 17.0 Å². The summed E-state index contributed by atoms with van der Waals surface area (Å²) in [6, 6.07) is 10.3. The van der Waals surface area contributed by atoms with Gasteiger partial charge in [0, 0.05) is 19.0 Å². The number of nitrogens with two attached hydrogens (primary N) is 1. The number of morpholine rings is 1. The summed E-state index contributed by atoms with van der Waals surface area (Å²) in [5.41, 5.74) is 6.91. The Balaban J connectivity index is 2.23. The highest BCUT2D eigenvalue weighted by Crippen LogP contribution is 2.27. The molecular weight excluding hydrogens is 260 g/mol. The first-order valence-corrected chi connectivity index (χ1v) is 6.90. The lowest BCUT2D eigenvalue weighted by Crippen LogP contribution is -2.49. The summed E-state index contributed by atoms with van der Waals surface area (Å²) in [6.07, 6.45) is 0.621. The van der Waals surface area contributed by atoms with Gasteiger partial charge in [-0.15, -0.1) is 0 Å². The monoisotopic (exact) mass is 280 g/mol. The van der Waals surface area contributed by atoms with Gasteiger partial charge in [-0.25, -0.2) is 0 Å². The number of hydrogen-bond acceptors (Lipinski definition) is 4. The zero-order valence-corrected chi connectivity index (χ0v) is 11.7. The standard InChI is InChI=1S/C14H20N2O2S/c15-14(19)8-13(11-4-2-1-3-5-11)16-6-7-18-10-12(16)9-17/h1-5,12-13,17H,6-10H2,(H2,15,19). The summed E-state index contributed by atoms with van der Waals surface area (Å²) in [7, 11) is 0. The summed E-state index contributed by atoms with van der Waals surface area (Å²) < 4.78 is 5.43. The fourth-order valence-corrected chi connectivity index (χ4v) is 2.69. The molecule has 0 bridgehead atoms. The summed E-state index contributed by atoms with van der Waals surface area (Å²) in [5.74, 6) is 0. The molecule has 2 unspecified atom stereocenters. The molecule has 0 aromatic heterocycles. The van der Waals surface area contributed by atoms with Crippen molar-refractivity contribution in [3.63, 3.8) is 0 Å². The van der Waals surface area contributed by atoms with Crippen molar-refractivity contribution in [3.8, 4) is 0 Å². The Bertz CT molecular complexity index is 413. The molecule has 1 aliphatic rings. The fraction of sp³-hybridized carbons (Fsp3) is 0.500. The highest BCUT2D eigenvalue weighted by Gasteiger charge is 2.30. The molecule has 19 heavy (non-hydrogen) atoms. The van der Waals surface area contributed by atoms with Crippen molar-refractivity contribution >= 4 is 17.2 Å². The van der Waals surface area contributed by atoms with Crippen LogP contribution in [0.1, 0.15) is 18.0 Å². The molecule has 3 N–H and O–H groups in total. The first kappa shape index (κ1) is 14.4. The van der Waals surface area contributed by atoms with E-state index in [4.69, 9.17) is 22.7 Å². The van der Waals surface area contributed by atoms with Crippen LogP contribution >= 0.6 is 12.2 Å². The zero-order valence-electron chi connectivity index (χ0n) is 10.9. The van der Waals surface area contributed by atoms with Gasteiger partial charge in [-0.1, -0.05) is 42.5 Å². The quantitative estimate of drug-likeness (QED) is 0.791. The van der Waals surface area contributed by atoms with Gasteiger partial charge < -0.3 is 15.6 Å². The van der Waals surface area contributed by atoms with E-state index >= 15 is 0 Å². The Hall–Kier alpha value is -1.01. The van der Waals surface area contributed by atoms with Gasteiger partial charge in [0.05, 0.1) is 30.9 Å². The number of hydrogen-bond donors (Lipinski definition) is 2. The Morgan fingerprint density at radius 1 is 1.47 bits per heavy atom. The van der Waals surface area contributed by atoms with Gasteiger partial charge >= 0.3 is 0 Å². The molecule has 1 fully saturated rings. The maximum absolute atomic E-state index is 9.51. The topological polar surface area (TPSA) is 58.7 Å². The van der Waals surface area contributed by atoms with Crippen LogP contribution < -0.4 is 5.73 Å². The fourth-order valence-electron chi connectivity index (χ4n) is 2.53. The Labute approximate surface area is 119 Å². The van der Waals surface area contributed by atoms with Gasteiger partial charge in [0.1, 0.15) is 0 Å². The number of nitrogens with zero attached hydrogens (tertiary/aromatic N) is 1. The first-order chi connectivity index (χ1) is 9.22. The molecule has 1 saturated heterocycles. The van der Waals surface area contributed by atoms with Crippen LogP contribution in [-0.4, -0.2) is 47.4 Å². The average molecular weight is 280 g/mol. The minimum absolute atomic E-state index is 0.00769. The average Bonchev–Trinajstić information content (AvgIpc) is 2.45. The predicted octanol–water partition coefficient (Wildman–Crippen LogP) is 1.10. The number of aliphatic hydroxyl groups excluding tert-OH is 1. The second-order valence-corrected chi connectivity index (χ2v) is 5.27. The third-order valence-electron chi connectivity index (χ3n) is 3.46. The molecule has 1 heterocycles. The Morgan fingerprint density at radius 3 is 2.84 bits per heavy atom. The Kier molecular flexibility index (Phi) is 5.27. The van der Waals surface area contributed by atoms with Crippen molar-refractivity contribution in [2.45, 2.75) is 18.5 Å². The van der Waals surface area contributed by atoms with E-state index in [-0.39, 0.29) is 18.7 Å². The van der Waals surface area contributed by atoms with Crippen LogP contribution in [0.15, 0.2) is 30.3 Å². The molecule has 4 nitrogen and oxygen atoms in total. The van der Waals surface area contributed by atoms with Crippen molar-refractivity contribution in [1.82, 2.24) is 4.90 Å². The van der Waals surface area contributed by atoms with E-state index in [1.54, 1.807) is 0 Å². The number of rotatable bonds is 5. The van der Waals surface area contributed by atoms with Gasteiger partial charge in [0.2, 0.25) is 0 Å². The molecule has 1 aromatic rings. The van der Waals surface area contributed by atoms with E-state index in [0.29, 0.717) is 24.6 Å². The van der Waals surface area contributed by atoms with Crippen LogP contribution in [-0.2, 0) is 4.74 Å². The SMILES string of the molecule is NC(=S)CC(c1ccccc1)N1CCOCC1CO. The summed E-state index contributed by atoms with van der Waals surface area (Å²) in [5, 5.41) is 9.51. The molecule has 0 radical (unpaired) electrons. The summed E-state index contributed by atoms with van der Waals surface area (Å²) in [4.78, 5) is 2.75. The third kappa shape index (κ3) is 3.73. The molecule has 1 aliphatic heterocycles. The second-order valence-electron chi connectivity index (χ2n) is 4.75. The molecule has 0 aliphatic carbocycles. The molecule has 0 spiro atoms. The lowest BCUT2D eigenvalue weighted by molar-refractivity contribution is -0.0467. The number of thiocarbonyl (C=S) groups is 1. The summed E-state index contributed by atoms with van der Waals surface area (Å²) >= 11 is 5.07. The number of benzene rings is 1. The first-order valence-electron chi connectivity index (χ1n) is 6.50. The van der Waals surface area contributed by atoms with Crippen molar-refractivity contribution in [2.75, 3.05) is 26.4 Å². The highest BCUT2D eigenvalue weighted by molar-refractivity contribution is 7.80. The Morgan fingerprint density at radius 2 is 2.21 bits per heavy atom. The molecule has 1 aromatic carbocycles. The van der Waals surface area contributed by atoms with Gasteiger partial charge in [-0.2, -0.15) is 0 Å². The minimum Gasteiger partial charge on any atom is -0.395 e. The maximum Gasteiger partial charge on any atom is 0.0746 e. The lowest BCUT2D eigenvalue weighted by Gasteiger charge is -2.40. The van der Waals surface area contributed by atoms with E-state index in [1.165, 1.54) is 5.56 Å². The van der Waals surface area contributed by atoms with Crippen LogP contribution in [0.2, 0.25) is 0 Å². The molecular formula is C14H20N2O2S. The van der Waals surface area contributed by atoms with Gasteiger partial charge in [0.25, 0.3) is 0 Å². The zero-order chi connectivity index (χ0) is 13.7. The van der Waals surface area contributed by atoms with Crippen molar-refractivity contribution in [3.05, 3.63) is 35.9 Å². The van der Waals surface area contributed by atoms with Crippen LogP contribution in [0.25, 0.3) is 0 Å². The van der Waals surface area contributed by atoms with Crippen LogP contribution in [0.3, 0.4) is 0 Å². The van der Waals surface area contributed by atoms with E-state index in [1.807, 2.05) is 18.2 Å². The second kappa shape index (κ2) is 6.96. The number of aliphatic hydroxyl groups is 1. The van der Waals surface area contributed by atoms with E-state index in [0.717, 1.165) is 6.54 Å². The highest BCUT2D eigenvalue weighted by atomic mass is 32.1. The van der Waals surface area contributed by atoms with Crippen molar-refractivity contribution in [1.29, 1.82) is 0 Å². The molecule has 2 rings (SSSR count). The maximum atomic E-state index is 9.51. The molecule has 2 atom stereocenters. The molecule has 0 saturated carbocycles. The van der Waals surface area contributed by atoms with Crippen LogP contribution in [0.5, 0.6) is 0 Å². The molecule has 0 amide bonds. The van der Waals surface area contributed by atoms with Gasteiger partial charge in [-0.3, -0.25) is 4.90 Å². The number of ether oxygens (including phenoxy) is 1. The predicted molar refractivity (Wildman–Crippen MR) is 79.0 cm³/mol. The lowest BCUT2D eigenvalue weighted by atomic mass is 9.99. The van der Waals surface area contributed by atoms with Crippen LogP contribution in [0.4, 0.5) is 0 Å². The largest absolute Gasteiger partial charge is 0.395 e.